The Bertz CT molecular complexity index is 1030. The van der Waals surface area contributed by atoms with Gasteiger partial charge in [0.25, 0.3) is 5.91 Å². The summed E-state index contributed by atoms with van der Waals surface area (Å²) >= 11 is 0. The Morgan fingerprint density at radius 1 is 1.11 bits per heavy atom. The van der Waals surface area contributed by atoms with Gasteiger partial charge in [0.1, 0.15) is 11.8 Å². The molecule has 4 rings (SSSR count). The van der Waals surface area contributed by atoms with Crippen molar-refractivity contribution >= 4 is 11.7 Å². The van der Waals surface area contributed by atoms with E-state index < -0.39 is 12.2 Å². The van der Waals surface area contributed by atoms with Crippen LogP contribution in [0.4, 0.5) is 14.6 Å². The Morgan fingerprint density at radius 3 is 2.48 bits per heavy atom. The molecule has 8 nitrogen and oxygen atoms in total. The molecule has 1 aliphatic rings. The number of nitrogens with zero attached hydrogens (tertiary/aromatic N) is 3. The Kier molecular flexibility index (Phi) is 3.76. The van der Waals surface area contributed by atoms with E-state index >= 15 is 0 Å². The van der Waals surface area contributed by atoms with Gasteiger partial charge in [-0.2, -0.15) is 0 Å². The van der Waals surface area contributed by atoms with Crippen LogP contribution in [0.2, 0.25) is 0 Å². The molecule has 138 valence electrons. The molecule has 0 unspecified atom stereocenters. The number of nitrogens with one attached hydrogen (secondary N) is 1. The van der Waals surface area contributed by atoms with Crippen molar-refractivity contribution in [1.82, 2.24) is 15.1 Å². The van der Waals surface area contributed by atoms with Gasteiger partial charge in [0.2, 0.25) is 0 Å². The highest BCUT2D eigenvalue weighted by atomic mass is 19.3. The number of fused-ring (bicyclic) bond motifs is 1. The third kappa shape index (κ3) is 3.16. The molecule has 0 saturated carbocycles. The lowest BCUT2D eigenvalue weighted by molar-refractivity contribution is -0.286. The van der Waals surface area contributed by atoms with Crippen molar-refractivity contribution in [3.63, 3.8) is 0 Å². The van der Waals surface area contributed by atoms with Crippen LogP contribution in [0.25, 0.3) is 11.3 Å². The minimum atomic E-state index is -3.69. The topological polar surface area (TPSA) is 99.4 Å². The summed E-state index contributed by atoms with van der Waals surface area (Å²) in [4.78, 5) is 20.5. The number of aromatic nitrogens is 3. The fourth-order valence-electron chi connectivity index (χ4n) is 2.60. The average molecular weight is 374 g/mol. The maximum atomic E-state index is 13.2. The van der Waals surface area contributed by atoms with Crippen molar-refractivity contribution in [2.24, 2.45) is 0 Å². The van der Waals surface area contributed by atoms with Crippen molar-refractivity contribution in [2.45, 2.75) is 20.1 Å². The normalized spacial score (nSPS) is 14.2. The van der Waals surface area contributed by atoms with Gasteiger partial charge in [0.05, 0.1) is 23.8 Å². The summed E-state index contributed by atoms with van der Waals surface area (Å²) in [6, 6.07) is 2.85. The number of benzene rings is 1. The first-order valence-corrected chi connectivity index (χ1v) is 7.77. The molecule has 0 spiro atoms. The second kappa shape index (κ2) is 6.01. The molecule has 1 aliphatic heterocycles. The highest BCUT2D eigenvalue weighted by Crippen LogP contribution is 2.44. The van der Waals surface area contributed by atoms with E-state index in [1.165, 1.54) is 30.8 Å². The van der Waals surface area contributed by atoms with E-state index in [1.54, 1.807) is 13.8 Å². The third-order valence-electron chi connectivity index (χ3n) is 3.91. The number of hydrogen-bond acceptors (Lipinski definition) is 7. The Balaban J connectivity index is 1.57. The van der Waals surface area contributed by atoms with Crippen LogP contribution >= 0.6 is 0 Å². The van der Waals surface area contributed by atoms with Crippen LogP contribution < -0.4 is 14.8 Å². The minimum Gasteiger partial charge on any atom is -0.395 e. The van der Waals surface area contributed by atoms with E-state index in [-0.39, 0.29) is 22.9 Å². The molecule has 10 heteroatoms. The van der Waals surface area contributed by atoms with Gasteiger partial charge in [-0.1, -0.05) is 5.16 Å². The third-order valence-corrected chi connectivity index (χ3v) is 3.91. The van der Waals surface area contributed by atoms with Gasteiger partial charge in [-0.05, 0) is 31.5 Å². The molecule has 0 bridgehead atoms. The summed E-state index contributed by atoms with van der Waals surface area (Å²) in [5, 5.41) is 6.21. The SMILES string of the molecule is Cc1cc2c(cc1-c1cnc(NC(=O)c3conc3C)cn1)OC(F)(F)O2. The van der Waals surface area contributed by atoms with E-state index in [2.05, 4.69) is 29.9 Å². The first kappa shape index (κ1) is 16.9. The lowest BCUT2D eigenvalue weighted by Crippen LogP contribution is -2.25. The van der Waals surface area contributed by atoms with Crippen molar-refractivity contribution < 1.29 is 27.6 Å². The van der Waals surface area contributed by atoms with Gasteiger partial charge in [0, 0.05) is 5.56 Å². The Labute approximate surface area is 151 Å². The molecule has 3 aromatic rings. The molecule has 0 fully saturated rings. The molecular formula is C17H12F2N4O4. The number of hydrogen-bond donors (Lipinski definition) is 1. The van der Waals surface area contributed by atoms with Gasteiger partial charge in [-0.15, -0.1) is 8.78 Å². The van der Waals surface area contributed by atoms with E-state index in [0.29, 0.717) is 22.5 Å². The maximum absolute atomic E-state index is 13.2. The number of carbonyl (C=O) groups is 1. The van der Waals surface area contributed by atoms with Gasteiger partial charge >= 0.3 is 6.29 Å². The molecule has 0 aliphatic carbocycles. The second-order valence-electron chi connectivity index (χ2n) is 5.84. The fraction of sp³-hybridized carbons (Fsp3) is 0.176. The summed E-state index contributed by atoms with van der Waals surface area (Å²) in [5.41, 5.74) is 2.36. The molecule has 2 aromatic heterocycles. The predicted molar refractivity (Wildman–Crippen MR) is 87.6 cm³/mol. The van der Waals surface area contributed by atoms with Crippen LogP contribution in [0.5, 0.6) is 11.5 Å². The summed E-state index contributed by atoms with van der Waals surface area (Å²) in [5.74, 6) is -0.337. The molecule has 1 N–H and O–H groups in total. The van der Waals surface area contributed by atoms with Crippen molar-refractivity contribution in [1.29, 1.82) is 0 Å². The Morgan fingerprint density at radius 2 is 1.85 bits per heavy atom. The quantitative estimate of drug-likeness (QED) is 0.751. The van der Waals surface area contributed by atoms with Gasteiger partial charge in [0.15, 0.2) is 17.3 Å². The van der Waals surface area contributed by atoms with Gasteiger partial charge < -0.3 is 19.3 Å². The molecule has 1 amide bonds. The van der Waals surface area contributed by atoms with Crippen molar-refractivity contribution in [2.75, 3.05) is 5.32 Å². The number of amides is 1. The molecule has 0 radical (unpaired) electrons. The number of aryl methyl sites for hydroxylation is 2. The van der Waals surface area contributed by atoms with Crippen molar-refractivity contribution in [3.8, 4) is 22.8 Å². The van der Waals surface area contributed by atoms with Crippen LogP contribution in [-0.2, 0) is 0 Å². The molecular weight excluding hydrogens is 362 g/mol. The summed E-state index contributed by atoms with van der Waals surface area (Å²) in [6.07, 6.45) is 0.318. The summed E-state index contributed by atoms with van der Waals surface area (Å²) in [7, 11) is 0. The second-order valence-corrected chi connectivity index (χ2v) is 5.84. The van der Waals surface area contributed by atoms with Crippen LogP contribution in [0, 0.1) is 13.8 Å². The summed E-state index contributed by atoms with van der Waals surface area (Å²) < 4.78 is 40.0. The van der Waals surface area contributed by atoms with Crippen LogP contribution in [0.3, 0.4) is 0 Å². The fourth-order valence-corrected chi connectivity index (χ4v) is 2.60. The van der Waals surface area contributed by atoms with Gasteiger partial charge in [-0.25, -0.2) is 4.98 Å². The predicted octanol–water partition coefficient (Wildman–Crippen LogP) is 3.32. The minimum absolute atomic E-state index is 0.0396. The zero-order chi connectivity index (χ0) is 19.2. The number of rotatable bonds is 3. The number of anilines is 1. The maximum Gasteiger partial charge on any atom is 0.586 e. The summed E-state index contributed by atoms with van der Waals surface area (Å²) in [6.45, 7) is 3.36. The lowest BCUT2D eigenvalue weighted by atomic mass is 10.1. The first-order chi connectivity index (χ1) is 12.8. The molecule has 27 heavy (non-hydrogen) atoms. The van der Waals surface area contributed by atoms with Gasteiger partial charge in [-0.3, -0.25) is 9.78 Å². The van der Waals surface area contributed by atoms with Crippen LogP contribution in [0.15, 0.2) is 35.3 Å². The van der Waals surface area contributed by atoms with Crippen LogP contribution in [-0.4, -0.2) is 27.3 Å². The van der Waals surface area contributed by atoms with E-state index in [4.69, 9.17) is 4.52 Å². The highest BCUT2D eigenvalue weighted by Gasteiger charge is 2.43. The van der Waals surface area contributed by atoms with E-state index in [1.807, 2.05) is 0 Å². The zero-order valence-corrected chi connectivity index (χ0v) is 14.1. The van der Waals surface area contributed by atoms with Crippen molar-refractivity contribution in [3.05, 3.63) is 47.6 Å². The lowest BCUT2D eigenvalue weighted by Gasteiger charge is -2.08. The average Bonchev–Trinajstić information content (AvgIpc) is 3.16. The number of ether oxygens (including phenoxy) is 2. The Hall–Kier alpha value is -3.56. The van der Waals surface area contributed by atoms with E-state index in [9.17, 15) is 13.6 Å². The molecule has 3 heterocycles. The molecule has 0 saturated heterocycles. The first-order valence-electron chi connectivity index (χ1n) is 7.77. The smallest absolute Gasteiger partial charge is 0.395 e. The van der Waals surface area contributed by atoms with E-state index in [0.717, 1.165) is 0 Å². The standard InChI is InChI=1S/C17H12F2N4O4/c1-8-3-13-14(27-17(18,19)26-13)4-10(8)12-5-21-15(6-20-12)22-16(24)11-7-25-23-9(11)2/h3-7H,1-2H3,(H,21,22,24). The zero-order valence-electron chi connectivity index (χ0n) is 14.1. The number of halogens is 2. The number of carbonyl (C=O) groups excluding carboxylic acids is 1. The highest BCUT2D eigenvalue weighted by molar-refractivity contribution is 6.04. The monoisotopic (exact) mass is 374 g/mol. The number of alkyl halides is 2. The largest absolute Gasteiger partial charge is 0.586 e. The molecule has 0 atom stereocenters. The van der Waals surface area contributed by atoms with Crippen LogP contribution in [0.1, 0.15) is 21.6 Å². The molecule has 1 aromatic carbocycles.